The summed E-state index contributed by atoms with van der Waals surface area (Å²) in [6.07, 6.45) is 2.91. The first-order valence-corrected chi connectivity index (χ1v) is 7.68. The van der Waals surface area contributed by atoms with E-state index >= 15 is 0 Å². The van der Waals surface area contributed by atoms with Gasteiger partial charge in [0.2, 0.25) is 0 Å². The summed E-state index contributed by atoms with van der Waals surface area (Å²) in [4.78, 5) is 0. The van der Waals surface area contributed by atoms with Crippen molar-refractivity contribution >= 4 is 0 Å². The van der Waals surface area contributed by atoms with Crippen LogP contribution in [0.2, 0.25) is 0 Å². The highest BCUT2D eigenvalue weighted by atomic mass is 19.1. The van der Waals surface area contributed by atoms with Crippen LogP contribution in [-0.4, -0.2) is 20.9 Å². The van der Waals surface area contributed by atoms with E-state index in [1.165, 1.54) is 17.7 Å². The molecule has 1 aromatic heterocycles. The van der Waals surface area contributed by atoms with Crippen LogP contribution in [0.4, 0.5) is 4.39 Å². The van der Waals surface area contributed by atoms with E-state index in [0.717, 1.165) is 24.2 Å². The van der Waals surface area contributed by atoms with Gasteiger partial charge in [0.25, 0.3) is 0 Å². The summed E-state index contributed by atoms with van der Waals surface area (Å²) in [7, 11) is 1.92. The summed E-state index contributed by atoms with van der Waals surface area (Å²) in [5.41, 5.74) is 3.03. The first kappa shape index (κ1) is 16.6. The van der Waals surface area contributed by atoms with Crippen molar-refractivity contribution in [3.8, 4) is 0 Å². The van der Waals surface area contributed by atoms with Crippen LogP contribution in [0.15, 0.2) is 30.5 Å². The van der Waals surface area contributed by atoms with Gasteiger partial charge >= 0.3 is 0 Å². The summed E-state index contributed by atoms with van der Waals surface area (Å²) < 4.78 is 14.7. The van der Waals surface area contributed by atoms with Gasteiger partial charge < -0.3 is 10.4 Å². The lowest BCUT2D eigenvalue weighted by molar-refractivity contribution is 0.153. The van der Waals surface area contributed by atoms with Gasteiger partial charge in [0.15, 0.2) is 0 Å². The second-order valence-corrected chi connectivity index (χ2v) is 5.71. The molecule has 5 heteroatoms. The molecule has 1 heterocycles. The minimum atomic E-state index is -0.595. The van der Waals surface area contributed by atoms with Crippen molar-refractivity contribution in [3.63, 3.8) is 0 Å². The summed E-state index contributed by atoms with van der Waals surface area (Å²) in [6.45, 7) is 4.86. The van der Waals surface area contributed by atoms with Crippen LogP contribution in [0.25, 0.3) is 0 Å². The maximum Gasteiger partial charge on any atom is 0.123 e. The molecular formula is C17H24FN3O. The largest absolute Gasteiger partial charge is 0.388 e. The van der Waals surface area contributed by atoms with E-state index in [1.54, 1.807) is 12.1 Å². The Morgan fingerprint density at radius 3 is 2.64 bits per heavy atom. The molecule has 22 heavy (non-hydrogen) atoms. The third-order valence-electron chi connectivity index (χ3n) is 3.80. The van der Waals surface area contributed by atoms with E-state index < -0.39 is 6.10 Å². The van der Waals surface area contributed by atoms with Gasteiger partial charge in [0.05, 0.1) is 11.8 Å². The van der Waals surface area contributed by atoms with Gasteiger partial charge in [-0.3, -0.25) is 4.68 Å². The maximum absolute atomic E-state index is 12.9. The molecule has 0 fully saturated rings. The Bertz CT molecular complexity index is 594. The van der Waals surface area contributed by atoms with E-state index in [9.17, 15) is 9.50 Å². The Balaban J connectivity index is 1.87. The molecule has 2 aromatic rings. The fourth-order valence-electron chi connectivity index (χ4n) is 2.55. The van der Waals surface area contributed by atoms with Gasteiger partial charge in [-0.05, 0) is 37.5 Å². The van der Waals surface area contributed by atoms with E-state index in [1.807, 2.05) is 24.9 Å². The highest BCUT2D eigenvalue weighted by Gasteiger charge is 2.13. The van der Waals surface area contributed by atoms with Gasteiger partial charge in [-0.15, -0.1) is 0 Å². The number of halogens is 1. The summed E-state index contributed by atoms with van der Waals surface area (Å²) in [6, 6.07) is 6.15. The molecule has 0 saturated heterocycles. The van der Waals surface area contributed by atoms with Crippen LogP contribution >= 0.6 is 0 Å². The van der Waals surface area contributed by atoms with Crippen molar-refractivity contribution in [2.24, 2.45) is 7.05 Å². The Labute approximate surface area is 131 Å². The molecule has 2 N–H and O–H groups in total. The van der Waals surface area contributed by atoms with Crippen LogP contribution in [0, 0.1) is 5.82 Å². The molecule has 0 aliphatic heterocycles. The first-order valence-electron chi connectivity index (χ1n) is 7.68. The lowest BCUT2D eigenvalue weighted by Crippen LogP contribution is -2.27. The van der Waals surface area contributed by atoms with Crippen LogP contribution in [0.5, 0.6) is 0 Å². The van der Waals surface area contributed by atoms with Crippen LogP contribution < -0.4 is 5.32 Å². The molecule has 2 unspecified atom stereocenters. The van der Waals surface area contributed by atoms with E-state index in [4.69, 9.17) is 0 Å². The number of hydrogen-bond donors (Lipinski definition) is 2. The molecule has 0 spiro atoms. The van der Waals surface area contributed by atoms with Gasteiger partial charge in [-0.1, -0.05) is 19.1 Å². The molecular weight excluding hydrogens is 281 g/mol. The number of aliphatic hydroxyl groups is 1. The number of nitrogens with one attached hydrogen (secondary N) is 1. The Morgan fingerprint density at radius 1 is 1.32 bits per heavy atom. The SMILES string of the molecule is CCc1nn(C)cc1CNC(C)CC(O)c1ccc(F)cc1. The van der Waals surface area contributed by atoms with Crippen molar-refractivity contribution < 1.29 is 9.50 Å². The van der Waals surface area contributed by atoms with Gasteiger partial charge in [0, 0.05) is 31.4 Å². The number of hydrogen-bond acceptors (Lipinski definition) is 3. The third-order valence-corrected chi connectivity index (χ3v) is 3.80. The van der Waals surface area contributed by atoms with Gasteiger partial charge in [-0.2, -0.15) is 5.10 Å². The lowest BCUT2D eigenvalue weighted by atomic mass is 10.0. The van der Waals surface area contributed by atoms with Crippen molar-refractivity contribution in [3.05, 3.63) is 53.1 Å². The van der Waals surface area contributed by atoms with Crippen LogP contribution in [0.1, 0.15) is 43.2 Å². The third kappa shape index (κ3) is 4.39. The van der Waals surface area contributed by atoms with E-state index in [0.29, 0.717) is 6.42 Å². The van der Waals surface area contributed by atoms with Crippen molar-refractivity contribution in [1.29, 1.82) is 0 Å². The highest BCUT2D eigenvalue weighted by Crippen LogP contribution is 2.19. The minimum absolute atomic E-state index is 0.143. The molecule has 0 aliphatic rings. The van der Waals surface area contributed by atoms with E-state index in [-0.39, 0.29) is 11.9 Å². The molecule has 120 valence electrons. The Hall–Kier alpha value is -1.72. The van der Waals surface area contributed by atoms with Crippen molar-refractivity contribution in [1.82, 2.24) is 15.1 Å². The fourth-order valence-corrected chi connectivity index (χ4v) is 2.55. The molecule has 2 rings (SSSR count). The summed E-state index contributed by atoms with van der Waals surface area (Å²) >= 11 is 0. The predicted octanol–water partition coefficient (Wildman–Crippen LogP) is 2.72. The minimum Gasteiger partial charge on any atom is -0.388 e. The van der Waals surface area contributed by atoms with Gasteiger partial charge in [-0.25, -0.2) is 4.39 Å². The topological polar surface area (TPSA) is 50.1 Å². The fraction of sp³-hybridized carbons (Fsp3) is 0.471. The Kier molecular flexibility index (Phi) is 5.69. The van der Waals surface area contributed by atoms with Crippen LogP contribution in [-0.2, 0) is 20.0 Å². The molecule has 0 aliphatic carbocycles. The smallest absolute Gasteiger partial charge is 0.123 e. The highest BCUT2D eigenvalue weighted by molar-refractivity contribution is 5.19. The summed E-state index contributed by atoms with van der Waals surface area (Å²) in [5.74, 6) is -0.286. The number of aryl methyl sites for hydroxylation is 2. The molecule has 4 nitrogen and oxygen atoms in total. The monoisotopic (exact) mass is 305 g/mol. The quantitative estimate of drug-likeness (QED) is 0.827. The molecule has 0 radical (unpaired) electrons. The molecule has 0 bridgehead atoms. The second kappa shape index (κ2) is 7.51. The average molecular weight is 305 g/mol. The van der Waals surface area contributed by atoms with Gasteiger partial charge in [0.1, 0.15) is 5.82 Å². The first-order chi connectivity index (χ1) is 10.5. The zero-order valence-electron chi connectivity index (χ0n) is 13.4. The average Bonchev–Trinajstić information content (AvgIpc) is 2.86. The number of benzene rings is 1. The molecule has 2 atom stereocenters. The van der Waals surface area contributed by atoms with Crippen LogP contribution in [0.3, 0.4) is 0 Å². The number of nitrogens with zero attached hydrogens (tertiary/aromatic N) is 2. The zero-order valence-corrected chi connectivity index (χ0v) is 13.4. The number of aliphatic hydroxyl groups excluding tert-OH is 1. The molecule has 0 saturated carbocycles. The summed E-state index contributed by atoms with van der Waals surface area (Å²) in [5, 5.41) is 18.0. The predicted molar refractivity (Wildman–Crippen MR) is 84.9 cm³/mol. The second-order valence-electron chi connectivity index (χ2n) is 5.71. The zero-order chi connectivity index (χ0) is 16.1. The Morgan fingerprint density at radius 2 is 2.00 bits per heavy atom. The van der Waals surface area contributed by atoms with E-state index in [2.05, 4.69) is 17.3 Å². The standard InChI is InChI=1S/C17H24FN3O/c1-4-16-14(11-21(3)20-16)10-19-12(2)9-17(22)13-5-7-15(18)8-6-13/h5-8,11-12,17,19,22H,4,9-10H2,1-3H3. The van der Waals surface area contributed by atoms with Crippen molar-refractivity contribution in [2.75, 3.05) is 0 Å². The van der Waals surface area contributed by atoms with Crippen molar-refractivity contribution in [2.45, 2.75) is 45.4 Å². The normalized spacial score (nSPS) is 14.0. The number of aromatic nitrogens is 2. The molecule has 0 amide bonds. The number of rotatable bonds is 7. The maximum atomic E-state index is 12.9. The lowest BCUT2D eigenvalue weighted by Gasteiger charge is -2.18. The molecule has 1 aromatic carbocycles.